The lowest BCUT2D eigenvalue weighted by Crippen LogP contribution is -2.07. The van der Waals surface area contributed by atoms with E-state index < -0.39 is 0 Å². The number of benzene rings is 1. The van der Waals surface area contributed by atoms with Gasteiger partial charge in [0.15, 0.2) is 0 Å². The molecule has 3 aromatic rings. The number of nitrogens with one attached hydrogen (secondary N) is 2. The number of nitrogens with zero attached hydrogens (tertiary/aromatic N) is 2. The van der Waals surface area contributed by atoms with Crippen molar-refractivity contribution < 1.29 is 4.74 Å². The number of rotatable bonds is 4. The summed E-state index contributed by atoms with van der Waals surface area (Å²) in [4.78, 5) is 11.4. The molecule has 0 bridgehead atoms. The molecular weight excluding hydrogens is 240 g/mol. The fraction of sp³-hybridized carbons (Fsp3) is 0.143. The summed E-state index contributed by atoms with van der Waals surface area (Å²) in [5, 5.41) is 4.16. The van der Waals surface area contributed by atoms with Crippen LogP contribution in [0.15, 0.2) is 42.9 Å². The van der Waals surface area contributed by atoms with Crippen LogP contribution in [0.3, 0.4) is 0 Å². The Morgan fingerprint density at radius 1 is 1.21 bits per heavy atom. The minimum atomic E-state index is 0.551. The lowest BCUT2D eigenvalue weighted by Gasteiger charge is -2.06. The Morgan fingerprint density at radius 2 is 2.16 bits per heavy atom. The van der Waals surface area contributed by atoms with Gasteiger partial charge in [0.05, 0.1) is 5.69 Å². The first kappa shape index (κ1) is 11.7. The molecule has 0 amide bonds. The highest BCUT2D eigenvalue weighted by atomic mass is 16.5. The van der Waals surface area contributed by atoms with Crippen LogP contribution in [0, 0.1) is 0 Å². The van der Waals surface area contributed by atoms with Crippen molar-refractivity contribution in [1.82, 2.24) is 20.3 Å². The average molecular weight is 254 g/mol. The molecule has 1 aromatic carbocycles. The zero-order chi connectivity index (χ0) is 13.1. The quantitative estimate of drug-likeness (QED) is 0.750. The van der Waals surface area contributed by atoms with E-state index in [1.165, 1.54) is 6.33 Å². The van der Waals surface area contributed by atoms with Crippen LogP contribution in [-0.4, -0.2) is 22.0 Å². The summed E-state index contributed by atoms with van der Waals surface area (Å²) in [6, 6.07) is 9.72. The molecule has 2 N–H and O–H groups in total. The number of H-pyrrole nitrogens is 1. The average Bonchev–Trinajstić information content (AvgIpc) is 2.87. The third kappa shape index (κ3) is 2.56. The minimum Gasteiger partial charge on any atom is -0.439 e. The van der Waals surface area contributed by atoms with Crippen molar-refractivity contribution in [2.24, 2.45) is 0 Å². The van der Waals surface area contributed by atoms with Crippen molar-refractivity contribution in [3.63, 3.8) is 0 Å². The predicted octanol–water partition coefficient (Wildman–Crippen LogP) is 2.47. The second kappa shape index (κ2) is 5.07. The van der Waals surface area contributed by atoms with Gasteiger partial charge in [-0.3, -0.25) is 0 Å². The third-order valence-corrected chi connectivity index (χ3v) is 2.80. The Bertz CT molecular complexity index is 692. The van der Waals surface area contributed by atoms with Gasteiger partial charge < -0.3 is 15.0 Å². The van der Waals surface area contributed by atoms with E-state index in [2.05, 4.69) is 20.3 Å². The third-order valence-electron chi connectivity index (χ3n) is 2.80. The number of aromatic nitrogens is 3. The maximum atomic E-state index is 5.75. The molecule has 0 spiro atoms. The molecule has 2 heterocycles. The number of hydrogen-bond donors (Lipinski definition) is 2. The van der Waals surface area contributed by atoms with E-state index in [0.717, 1.165) is 22.3 Å². The highest BCUT2D eigenvalue weighted by Crippen LogP contribution is 2.23. The summed E-state index contributed by atoms with van der Waals surface area (Å²) >= 11 is 0. The predicted molar refractivity (Wildman–Crippen MR) is 73.2 cm³/mol. The highest BCUT2D eigenvalue weighted by Gasteiger charge is 2.03. The van der Waals surface area contributed by atoms with Gasteiger partial charge in [-0.1, -0.05) is 0 Å². The van der Waals surface area contributed by atoms with Gasteiger partial charge >= 0.3 is 0 Å². The van der Waals surface area contributed by atoms with Crippen LogP contribution in [-0.2, 0) is 6.54 Å². The SMILES string of the molecule is CNCc1cc(Oc2ccc3[nH]ccc3c2)ncn1. The number of fused-ring (bicyclic) bond motifs is 1. The lowest BCUT2D eigenvalue weighted by molar-refractivity contribution is 0.460. The van der Waals surface area contributed by atoms with Gasteiger partial charge in [0.1, 0.15) is 12.1 Å². The topological polar surface area (TPSA) is 62.8 Å². The van der Waals surface area contributed by atoms with Crippen molar-refractivity contribution in [2.75, 3.05) is 7.05 Å². The van der Waals surface area contributed by atoms with E-state index in [9.17, 15) is 0 Å². The largest absolute Gasteiger partial charge is 0.439 e. The van der Waals surface area contributed by atoms with Crippen molar-refractivity contribution in [2.45, 2.75) is 6.54 Å². The van der Waals surface area contributed by atoms with E-state index in [-0.39, 0.29) is 0 Å². The molecule has 19 heavy (non-hydrogen) atoms. The molecule has 0 saturated carbocycles. The Balaban J connectivity index is 1.85. The van der Waals surface area contributed by atoms with Gasteiger partial charge in [0.2, 0.25) is 5.88 Å². The highest BCUT2D eigenvalue weighted by molar-refractivity contribution is 5.80. The minimum absolute atomic E-state index is 0.551. The van der Waals surface area contributed by atoms with Crippen molar-refractivity contribution in [3.05, 3.63) is 48.5 Å². The van der Waals surface area contributed by atoms with Gasteiger partial charge in [-0.25, -0.2) is 9.97 Å². The molecule has 0 aliphatic carbocycles. The molecule has 0 aliphatic heterocycles. The molecule has 96 valence electrons. The molecule has 2 aromatic heterocycles. The fourth-order valence-corrected chi connectivity index (χ4v) is 1.93. The standard InChI is InChI=1S/C14H14N4O/c1-15-8-11-7-14(18-9-17-11)19-12-2-3-13-10(6-12)4-5-16-13/h2-7,9,15-16H,8H2,1H3. The van der Waals surface area contributed by atoms with Crippen LogP contribution in [0.25, 0.3) is 10.9 Å². The summed E-state index contributed by atoms with van der Waals surface area (Å²) in [5.74, 6) is 1.32. The summed E-state index contributed by atoms with van der Waals surface area (Å²) in [7, 11) is 1.88. The summed E-state index contributed by atoms with van der Waals surface area (Å²) in [6.45, 7) is 0.690. The molecule has 0 atom stereocenters. The molecule has 0 aliphatic rings. The second-order valence-electron chi connectivity index (χ2n) is 4.21. The molecule has 0 unspecified atom stereocenters. The van der Waals surface area contributed by atoms with Crippen LogP contribution in [0.1, 0.15) is 5.69 Å². The van der Waals surface area contributed by atoms with E-state index in [4.69, 9.17) is 4.74 Å². The molecule has 3 rings (SSSR count). The maximum Gasteiger partial charge on any atom is 0.222 e. The lowest BCUT2D eigenvalue weighted by atomic mass is 10.2. The molecule has 5 nitrogen and oxygen atoms in total. The van der Waals surface area contributed by atoms with Crippen LogP contribution in [0.4, 0.5) is 0 Å². The van der Waals surface area contributed by atoms with Crippen molar-refractivity contribution in [3.8, 4) is 11.6 Å². The van der Waals surface area contributed by atoms with E-state index >= 15 is 0 Å². The van der Waals surface area contributed by atoms with Gasteiger partial charge in [-0.05, 0) is 31.3 Å². The normalized spacial score (nSPS) is 10.8. The van der Waals surface area contributed by atoms with Crippen LogP contribution in [0.5, 0.6) is 11.6 Å². The van der Waals surface area contributed by atoms with Crippen LogP contribution in [0.2, 0.25) is 0 Å². The van der Waals surface area contributed by atoms with Crippen molar-refractivity contribution in [1.29, 1.82) is 0 Å². The van der Waals surface area contributed by atoms with Crippen molar-refractivity contribution >= 4 is 10.9 Å². The number of aromatic amines is 1. The van der Waals surface area contributed by atoms with E-state index in [1.807, 2.05) is 43.6 Å². The monoisotopic (exact) mass is 254 g/mol. The van der Waals surface area contributed by atoms with Crippen LogP contribution >= 0.6 is 0 Å². The van der Waals surface area contributed by atoms with E-state index in [1.54, 1.807) is 0 Å². The maximum absolute atomic E-state index is 5.75. The number of hydrogen-bond acceptors (Lipinski definition) is 4. The van der Waals surface area contributed by atoms with Crippen LogP contribution < -0.4 is 10.1 Å². The van der Waals surface area contributed by atoms with Gasteiger partial charge in [-0.2, -0.15) is 0 Å². The van der Waals surface area contributed by atoms with E-state index in [0.29, 0.717) is 12.4 Å². The smallest absolute Gasteiger partial charge is 0.222 e. The molecule has 0 fully saturated rings. The Labute approximate surface area is 110 Å². The summed E-state index contributed by atoms with van der Waals surface area (Å²) < 4.78 is 5.75. The number of ether oxygens (including phenoxy) is 1. The first-order chi connectivity index (χ1) is 9.35. The molecule has 0 saturated heterocycles. The Morgan fingerprint density at radius 3 is 3.05 bits per heavy atom. The summed E-state index contributed by atoms with van der Waals surface area (Å²) in [6.07, 6.45) is 3.42. The first-order valence-corrected chi connectivity index (χ1v) is 6.06. The van der Waals surface area contributed by atoms with Gasteiger partial charge in [-0.15, -0.1) is 0 Å². The second-order valence-corrected chi connectivity index (χ2v) is 4.21. The van der Waals surface area contributed by atoms with Gasteiger partial charge in [0.25, 0.3) is 0 Å². The first-order valence-electron chi connectivity index (χ1n) is 6.06. The summed E-state index contributed by atoms with van der Waals surface area (Å²) in [5.41, 5.74) is 1.99. The zero-order valence-corrected chi connectivity index (χ0v) is 10.6. The molecule has 5 heteroatoms. The zero-order valence-electron chi connectivity index (χ0n) is 10.6. The molecular formula is C14H14N4O. The Hall–Kier alpha value is -2.40. The Kier molecular flexibility index (Phi) is 3.12. The fourth-order valence-electron chi connectivity index (χ4n) is 1.93. The van der Waals surface area contributed by atoms with Gasteiger partial charge in [0, 0.05) is 29.7 Å². The molecule has 0 radical (unpaired) electrons.